The lowest BCUT2D eigenvalue weighted by atomic mass is 9.98. The van der Waals surface area contributed by atoms with E-state index in [1.807, 2.05) is 61.5 Å². The quantitative estimate of drug-likeness (QED) is 0.595. The van der Waals surface area contributed by atoms with Gasteiger partial charge in [-0.25, -0.2) is 8.42 Å². The first-order chi connectivity index (χ1) is 12.9. The highest BCUT2D eigenvalue weighted by Gasteiger charge is 2.30. The van der Waals surface area contributed by atoms with Gasteiger partial charge in [-0.15, -0.1) is 0 Å². The zero-order valence-corrected chi connectivity index (χ0v) is 16.3. The molecular weight excluding hydrogens is 378 g/mol. The van der Waals surface area contributed by atoms with E-state index in [4.69, 9.17) is 11.6 Å². The van der Waals surface area contributed by atoms with Gasteiger partial charge in [0.25, 0.3) is 10.0 Å². The van der Waals surface area contributed by atoms with Gasteiger partial charge in [-0.2, -0.15) is 0 Å². The van der Waals surface area contributed by atoms with Crippen molar-refractivity contribution in [3.05, 3.63) is 94.5 Å². The number of hydrogen-bond donors (Lipinski definition) is 0. The molecule has 0 saturated heterocycles. The average Bonchev–Trinajstić information content (AvgIpc) is 2.68. The molecule has 0 N–H and O–H groups in total. The summed E-state index contributed by atoms with van der Waals surface area (Å²) in [6.07, 6.45) is 2.03. The summed E-state index contributed by atoms with van der Waals surface area (Å²) in [6, 6.07) is 22.1. The smallest absolute Gasteiger partial charge is 0.261 e. The number of aryl methyl sites for hydroxylation is 1. The van der Waals surface area contributed by atoms with Crippen molar-refractivity contribution in [3.63, 3.8) is 0 Å². The van der Waals surface area contributed by atoms with E-state index < -0.39 is 10.0 Å². The van der Waals surface area contributed by atoms with Gasteiger partial charge in [-0.1, -0.05) is 65.7 Å². The molecule has 1 heterocycles. The molecule has 0 saturated carbocycles. The van der Waals surface area contributed by atoms with Gasteiger partial charge >= 0.3 is 0 Å². The Bertz CT molecular complexity index is 1120. The molecule has 0 aliphatic carbocycles. The number of hydrogen-bond acceptors (Lipinski definition) is 2. The maximum absolute atomic E-state index is 13.4. The highest BCUT2D eigenvalue weighted by molar-refractivity contribution is 7.92. The van der Waals surface area contributed by atoms with Gasteiger partial charge in [-0.3, -0.25) is 4.31 Å². The van der Waals surface area contributed by atoms with E-state index in [1.54, 1.807) is 24.3 Å². The molecule has 5 heteroatoms. The Kier molecular flexibility index (Phi) is 4.54. The summed E-state index contributed by atoms with van der Waals surface area (Å²) in [6.45, 7) is 2.19. The Morgan fingerprint density at radius 3 is 2.33 bits per heavy atom. The van der Waals surface area contributed by atoms with Crippen LogP contribution < -0.4 is 4.31 Å². The van der Waals surface area contributed by atoms with E-state index in [2.05, 4.69) is 0 Å². The number of sulfonamides is 1. The van der Waals surface area contributed by atoms with Crippen molar-refractivity contribution >= 4 is 39.0 Å². The molecule has 3 aromatic rings. The second-order valence-corrected chi connectivity index (χ2v) is 8.86. The van der Waals surface area contributed by atoms with Crippen LogP contribution in [0.15, 0.2) is 77.7 Å². The van der Waals surface area contributed by atoms with Crippen molar-refractivity contribution < 1.29 is 8.42 Å². The molecule has 4 rings (SSSR count). The summed E-state index contributed by atoms with van der Waals surface area (Å²) >= 11 is 6.17. The minimum absolute atomic E-state index is 0.258. The zero-order valence-electron chi connectivity index (χ0n) is 14.8. The van der Waals surface area contributed by atoms with Crippen LogP contribution >= 0.6 is 11.6 Å². The number of anilines is 1. The van der Waals surface area contributed by atoms with E-state index in [1.165, 1.54) is 4.31 Å². The predicted molar refractivity (Wildman–Crippen MR) is 111 cm³/mol. The molecule has 0 spiro atoms. The molecule has 27 heavy (non-hydrogen) atoms. The maximum Gasteiger partial charge on any atom is 0.264 e. The Labute approximate surface area is 164 Å². The van der Waals surface area contributed by atoms with Crippen molar-refractivity contribution in [1.29, 1.82) is 0 Å². The van der Waals surface area contributed by atoms with Crippen LogP contribution in [0.2, 0.25) is 5.02 Å². The minimum atomic E-state index is -3.72. The summed E-state index contributed by atoms with van der Waals surface area (Å²) in [5.74, 6) is 0. The largest absolute Gasteiger partial charge is 0.264 e. The monoisotopic (exact) mass is 395 g/mol. The SMILES string of the molecule is Cc1ccc(S(=O)(=O)N2CC(c3ccccc3)=Cc3ccc(Cl)cc32)cc1. The van der Waals surface area contributed by atoms with Crippen LogP contribution in [0.4, 0.5) is 5.69 Å². The molecule has 3 nitrogen and oxygen atoms in total. The number of fused-ring (bicyclic) bond motifs is 1. The molecule has 1 aliphatic rings. The van der Waals surface area contributed by atoms with Crippen molar-refractivity contribution in [2.75, 3.05) is 10.8 Å². The number of nitrogens with zero attached hydrogens (tertiary/aromatic N) is 1. The van der Waals surface area contributed by atoms with Gasteiger partial charge < -0.3 is 0 Å². The minimum Gasteiger partial charge on any atom is -0.261 e. The van der Waals surface area contributed by atoms with Crippen LogP contribution in [0.5, 0.6) is 0 Å². The fraction of sp³-hybridized carbons (Fsp3) is 0.0909. The molecular formula is C22H18ClNO2S. The topological polar surface area (TPSA) is 37.4 Å². The third-order valence-electron chi connectivity index (χ3n) is 4.66. The van der Waals surface area contributed by atoms with E-state index in [0.29, 0.717) is 10.7 Å². The van der Waals surface area contributed by atoms with Crippen LogP contribution in [0.25, 0.3) is 11.6 Å². The van der Waals surface area contributed by atoms with Gasteiger partial charge in [0, 0.05) is 5.02 Å². The van der Waals surface area contributed by atoms with Crippen molar-refractivity contribution in [2.24, 2.45) is 0 Å². The van der Waals surface area contributed by atoms with Crippen LogP contribution in [-0.4, -0.2) is 15.0 Å². The van der Waals surface area contributed by atoms with Crippen LogP contribution in [-0.2, 0) is 10.0 Å². The standard InChI is InChI=1S/C22H18ClNO2S/c1-16-7-11-21(12-8-16)27(25,26)24-15-19(17-5-3-2-4-6-17)13-18-9-10-20(23)14-22(18)24/h2-14H,15H2,1H3. The first-order valence-corrected chi connectivity index (χ1v) is 10.4. The number of rotatable bonds is 3. The highest BCUT2D eigenvalue weighted by Crippen LogP contribution is 2.37. The molecule has 0 aromatic heterocycles. The molecule has 0 unspecified atom stereocenters. The van der Waals surface area contributed by atoms with Crippen LogP contribution in [0.3, 0.4) is 0 Å². The van der Waals surface area contributed by atoms with E-state index in [0.717, 1.165) is 22.3 Å². The van der Waals surface area contributed by atoms with Crippen LogP contribution in [0, 0.1) is 6.92 Å². The lowest BCUT2D eigenvalue weighted by molar-refractivity contribution is 0.593. The van der Waals surface area contributed by atoms with Gasteiger partial charge in [0.2, 0.25) is 0 Å². The molecule has 136 valence electrons. The first-order valence-electron chi connectivity index (χ1n) is 8.60. The van der Waals surface area contributed by atoms with Crippen molar-refractivity contribution in [2.45, 2.75) is 11.8 Å². The van der Waals surface area contributed by atoms with E-state index >= 15 is 0 Å². The zero-order chi connectivity index (χ0) is 19.0. The Balaban J connectivity index is 1.86. The summed E-state index contributed by atoms with van der Waals surface area (Å²) in [5, 5.41) is 0.509. The number of benzene rings is 3. The summed E-state index contributed by atoms with van der Waals surface area (Å²) in [4.78, 5) is 0.272. The fourth-order valence-electron chi connectivity index (χ4n) is 3.21. The third kappa shape index (κ3) is 3.38. The fourth-order valence-corrected chi connectivity index (χ4v) is 4.83. The molecule has 0 atom stereocenters. The molecule has 0 fully saturated rings. The summed E-state index contributed by atoms with van der Waals surface area (Å²) < 4.78 is 28.3. The molecule has 0 bridgehead atoms. The molecule has 0 radical (unpaired) electrons. The van der Waals surface area contributed by atoms with Gasteiger partial charge in [0.15, 0.2) is 0 Å². The molecule has 1 aliphatic heterocycles. The lowest BCUT2D eigenvalue weighted by Gasteiger charge is -2.31. The molecule has 0 amide bonds. The van der Waals surface area contributed by atoms with E-state index in [9.17, 15) is 8.42 Å². The summed E-state index contributed by atoms with van der Waals surface area (Å²) in [5.41, 5.74) is 4.40. The highest BCUT2D eigenvalue weighted by atomic mass is 35.5. The Morgan fingerprint density at radius 2 is 1.63 bits per heavy atom. The summed E-state index contributed by atoms with van der Waals surface area (Å²) in [7, 11) is -3.72. The normalized spacial score (nSPS) is 13.9. The number of halogens is 1. The average molecular weight is 396 g/mol. The predicted octanol–water partition coefficient (Wildman–Crippen LogP) is 5.40. The lowest BCUT2D eigenvalue weighted by Crippen LogP contribution is -2.34. The Morgan fingerprint density at radius 1 is 0.926 bits per heavy atom. The third-order valence-corrected chi connectivity index (χ3v) is 6.67. The second kappa shape index (κ2) is 6.87. The van der Waals surface area contributed by atoms with Crippen molar-refractivity contribution in [3.8, 4) is 0 Å². The first kappa shape index (κ1) is 17.8. The van der Waals surface area contributed by atoms with Crippen molar-refractivity contribution in [1.82, 2.24) is 0 Å². The maximum atomic E-state index is 13.4. The van der Waals surface area contributed by atoms with E-state index in [-0.39, 0.29) is 11.4 Å². The van der Waals surface area contributed by atoms with Gasteiger partial charge in [-0.05, 0) is 54.0 Å². The van der Waals surface area contributed by atoms with Crippen LogP contribution in [0.1, 0.15) is 16.7 Å². The Hall–Kier alpha value is -2.56. The van der Waals surface area contributed by atoms with Gasteiger partial charge in [0.1, 0.15) is 0 Å². The second-order valence-electron chi connectivity index (χ2n) is 6.56. The van der Waals surface area contributed by atoms with Gasteiger partial charge in [0.05, 0.1) is 17.1 Å². The molecule has 3 aromatic carbocycles.